The molecule has 0 atom stereocenters. The zero-order chi connectivity index (χ0) is 16.4. The maximum absolute atomic E-state index is 11.5. The number of hydrogen-bond acceptors (Lipinski definition) is 6. The van der Waals surface area contributed by atoms with Crippen molar-refractivity contribution in [3.05, 3.63) is 24.3 Å². The quantitative estimate of drug-likeness (QED) is 0.550. The average molecular weight is 310 g/mol. The molecule has 2 N–H and O–H groups in total. The molecule has 1 aromatic rings. The Morgan fingerprint density at radius 3 is 2.23 bits per heavy atom. The first-order chi connectivity index (χ1) is 10.6. The minimum absolute atomic E-state index is 0.0596. The molecule has 120 valence electrons. The standard InChI is InChI=1S/C14H18N2O6/c1-20-10-5-3-4-6-11(10)22-9-13(18)16-15-12(17)7-8-14(19)21-2/h3-6H,7-9H2,1-2H3,(H,15,17)(H,16,18). The lowest BCUT2D eigenvalue weighted by molar-refractivity contribution is -0.142. The van der Waals surface area contributed by atoms with Crippen molar-refractivity contribution in [2.45, 2.75) is 12.8 Å². The molecule has 8 nitrogen and oxygen atoms in total. The lowest BCUT2D eigenvalue weighted by atomic mass is 10.3. The van der Waals surface area contributed by atoms with Crippen LogP contribution < -0.4 is 20.3 Å². The molecule has 0 unspecified atom stereocenters. The van der Waals surface area contributed by atoms with Gasteiger partial charge in [0.2, 0.25) is 5.91 Å². The summed E-state index contributed by atoms with van der Waals surface area (Å²) in [6.45, 7) is -0.294. The van der Waals surface area contributed by atoms with Gasteiger partial charge in [-0.3, -0.25) is 25.2 Å². The number of nitrogens with one attached hydrogen (secondary N) is 2. The Kier molecular flexibility index (Phi) is 7.24. The van der Waals surface area contributed by atoms with Crippen molar-refractivity contribution < 1.29 is 28.6 Å². The molecule has 0 heterocycles. The molecule has 0 spiro atoms. The molecule has 8 heteroatoms. The van der Waals surface area contributed by atoms with Crippen molar-refractivity contribution in [3.8, 4) is 11.5 Å². The number of hydrogen-bond donors (Lipinski definition) is 2. The maximum Gasteiger partial charge on any atom is 0.306 e. The highest BCUT2D eigenvalue weighted by Crippen LogP contribution is 2.25. The summed E-state index contributed by atoms with van der Waals surface area (Å²) in [5.74, 6) is -0.635. The van der Waals surface area contributed by atoms with Gasteiger partial charge in [-0.15, -0.1) is 0 Å². The van der Waals surface area contributed by atoms with Crippen LogP contribution in [-0.4, -0.2) is 38.6 Å². The molecular formula is C14H18N2O6. The van der Waals surface area contributed by atoms with E-state index >= 15 is 0 Å². The van der Waals surface area contributed by atoms with Crippen LogP contribution in [0.3, 0.4) is 0 Å². The van der Waals surface area contributed by atoms with Gasteiger partial charge in [-0.2, -0.15) is 0 Å². The van der Waals surface area contributed by atoms with E-state index in [9.17, 15) is 14.4 Å². The molecule has 0 saturated carbocycles. The van der Waals surface area contributed by atoms with E-state index in [1.165, 1.54) is 14.2 Å². The van der Waals surface area contributed by atoms with Crippen LogP contribution in [0.1, 0.15) is 12.8 Å². The van der Waals surface area contributed by atoms with Crippen molar-refractivity contribution in [2.24, 2.45) is 0 Å². The first-order valence-corrected chi connectivity index (χ1v) is 6.47. The number of methoxy groups -OCH3 is 2. The number of carbonyl (C=O) groups is 3. The summed E-state index contributed by atoms with van der Waals surface area (Å²) in [6.07, 6.45) is -0.143. The highest BCUT2D eigenvalue weighted by molar-refractivity contribution is 5.84. The molecule has 1 rings (SSSR count). The third-order valence-corrected chi connectivity index (χ3v) is 2.55. The van der Waals surface area contributed by atoms with Crippen LogP contribution >= 0.6 is 0 Å². The molecule has 0 fully saturated rings. The van der Waals surface area contributed by atoms with E-state index in [0.29, 0.717) is 11.5 Å². The van der Waals surface area contributed by atoms with E-state index < -0.39 is 17.8 Å². The maximum atomic E-state index is 11.5. The molecule has 1 aromatic carbocycles. The van der Waals surface area contributed by atoms with Gasteiger partial charge < -0.3 is 14.2 Å². The fraction of sp³-hybridized carbons (Fsp3) is 0.357. The largest absolute Gasteiger partial charge is 0.493 e. The predicted molar refractivity (Wildman–Crippen MR) is 76.0 cm³/mol. The Labute approximate surface area is 127 Å². The first-order valence-electron chi connectivity index (χ1n) is 6.47. The van der Waals surface area contributed by atoms with Crippen LogP contribution in [0.5, 0.6) is 11.5 Å². The summed E-state index contributed by atoms with van der Waals surface area (Å²) in [6, 6.07) is 6.86. The lowest BCUT2D eigenvalue weighted by Gasteiger charge is -2.11. The Hall–Kier alpha value is -2.77. The Balaban J connectivity index is 2.29. The number of para-hydroxylation sites is 2. The van der Waals surface area contributed by atoms with E-state index in [2.05, 4.69) is 15.6 Å². The number of carbonyl (C=O) groups excluding carboxylic acids is 3. The second kappa shape index (κ2) is 9.22. The molecule has 0 aliphatic carbocycles. The Morgan fingerprint density at radius 2 is 1.59 bits per heavy atom. The predicted octanol–water partition coefficient (Wildman–Crippen LogP) is 0.175. The topological polar surface area (TPSA) is 103 Å². The van der Waals surface area contributed by atoms with Gasteiger partial charge >= 0.3 is 5.97 Å². The van der Waals surface area contributed by atoms with Crippen LogP contribution in [0.4, 0.5) is 0 Å². The van der Waals surface area contributed by atoms with Gasteiger partial charge in [0.05, 0.1) is 20.6 Å². The van der Waals surface area contributed by atoms with Crippen molar-refractivity contribution in [2.75, 3.05) is 20.8 Å². The fourth-order valence-corrected chi connectivity index (χ4v) is 1.44. The molecule has 0 bridgehead atoms. The van der Waals surface area contributed by atoms with Gasteiger partial charge in [0.1, 0.15) is 0 Å². The molecule has 0 aliphatic rings. The lowest BCUT2D eigenvalue weighted by Crippen LogP contribution is -2.43. The van der Waals surface area contributed by atoms with Gasteiger partial charge in [-0.25, -0.2) is 0 Å². The van der Waals surface area contributed by atoms with E-state index in [1.54, 1.807) is 24.3 Å². The third-order valence-electron chi connectivity index (χ3n) is 2.55. The summed E-state index contributed by atoms with van der Waals surface area (Å²) in [7, 11) is 2.72. The van der Waals surface area contributed by atoms with Gasteiger partial charge in [-0.05, 0) is 12.1 Å². The van der Waals surface area contributed by atoms with E-state index in [-0.39, 0.29) is 19.4 Å². The monoisotopic (exact) mass is 310 g/mol. The van der Waals surface area contributed by atoms with Gasteiger partial charge in [-0.1, -0.05) is 12.1 Å². The second-order valence-corrected chi connectivity index (χ2v) is 4.11. The smallest absolute Gasteiger partial charge is 0.306 e. The van der Waals surface area contributed by atoms with E-state index in [0.717, 1.165) is 0 Å². The molecule has 2 amide bonds. The van der Waals surface area contributed by atoms with Crippen LogP contribution in [0.25, 0.3) is 0 Å². The third kappa shape index (κ3) is 6.12. The SMILES string of the molecule is COC(=O)CCC(=O)NNC(=O)COc1ccccc1OC. The molecule has 0 aliphatic heterocycles. The van der Waals surface area contributed by atoms with Crippen LogP contribution in [0, 0.1) is 0 Å². The van der Waals surface area contributed by atoms with Gasteiger partial charge in [0.25, 0.3) is 5.91 Å². The van der Waals surface area contributed by atoms with Crippen LogP contribution in [-0.2, 0) is 19.1 Å². The van der Waals surface area contributed by atoms with Crippen LogP contribution in [0.15, 0.2) is 24.3 Å². The van der Waals surface area contributed by atoms with Crippen molar-refractivity contribution in [3.63, 3.8) is 0 Å². The average Bonchev–Trinajstić information content (AvgIpc) is 2.55. The van der Waals surface area contributed by atoms with Gasteiger partial charge in [0, 0.05) is 6.42 Å². The van der Waals surface area contributed by atoms with E-state index in [4.69, 9.17) is 9.47 Å². The van der Waals surface area contributed by atoms with Crippen LogP contribution in [0.2, 0.25) is 0 Å². The molecule has 0 aromatic heterocycles. The number of rotatable bonds is 7. The number of esters is 1. The summed E-state index contributed by atoms with van der Waals surface area (Å²) < 4.78 is 14.7. The number of hydrazine groups is 1. The summed E-state index contributed by atoms with van der Waals surface area (Å²) in [5.41, 5.74) is 4.34. The highest BCUT2D eigenvalue weighted by atomic mass is 16.5. The normalized spacial score (nSPS) is 9.55. The number of ether oxygens (including phenoxy) is 3. The highest BCUT2D eigenvalue weighted by Gasteiger charge is 2.09. The minimum atomic E-state index is -0.544. The van der Waals surface area contributed by atoms with Crippen molar-refractivity contribution in [1.82, 2.24) is 10.9 Å². The summed E-state index contributed by atoms with van der Waals surface area (Å²) in [4.78, 5) is 33.7. The zero-order valence-corrected chi connectivity index (χ0v) is 12.4. The Morgan fingerprint density at radius 1 is 0.955 bits per heavy atom. The Bertz CT molecular complexity index is 532. The zero-order valence-electron chi connectivity index (χ0n) is 12.4. The molecule has 22 heavy (non-hydrogen) atoms. The minimum Gasteiger partial charge on any atom is -0.493 e. The molecule has 0 radical (unpaired) electrons. The van der Waals surface area contributed by atoms with Crippen molar-refractivity contribution >= 4 is 17.8 Å². The molecular weight excluding hydrogens is 292 g/mol. The van der Waals surface area contributed by atoms with E-state index in [1.807, 2.05) is 0 Å². The number of amides is 2. The number of benzene rings is 1. The fourth-order valence-electron chi connectivity index (χ4n) is 1.44. The molecule has 0 saturated heterocycles. The summed E-state index contributed by atoms with van der Waals surface area (Å²) in [5, 5.41) is 0. The second-order valence-electron chi connectivity index (χ2n) is 4.11. The van der Waals surface area contributed by atoms with Crippen molar-refractivity contribution in [1.29, 1.82) is 0 Å². The summed E-state index contributed by atoms with van der Waals surface area (Å²) >= 11 is 0. The van der Waals surface area contributed by atoms with Gasteiger partial charge in [0.15, 0.2) is 18.1 Å². The first kappa shape index (κ1) is 17.3.